The molecule has 0 saturated carbocycles. The lowest BCUT2D eigenvalue weighted by molar-refractivity contribution is 0.103. The maximum absolute atomic E-state index is 11.6. The van der Waals surface area contributed by atoms with E-state index in [0.717, 1.165) is 16.7 Å². The molecule has 1 aromatic rings. The summed E-state index contributed by atoms with van der Waals surface area (Å²) in [5, 5.41) is 0. The molecule has 13 heavy (non-hydrogen) atoms. The molecule has 0 N–H and O–H groups in total. The number of carbonyl (C=O) groups excluding carboxylic acids is 1. The Hall–Kier alpha value is -1.63. The molecule has 0 aliphatic heterocycles. The highest BCUT2D eigenvalue weighted by Gasteiger charge is 2.18. The van der Waals surface area contributed by atoms with Crippen molar-refractivity contribution in [1.29, 1.82) is 0 Å². The molecule has 1 aromatic carbocycles. The molecule has 0 radical (unpaired) electrons. The largest absolute Gasteiger partial charge is 0.289 e. The minimum atomic E-state index is 0.0428. The van der Waals surface area contributed by atoms with Crippen molar-refractivity contribution >= 4 is 11.4 Å². The van der Waals surface area contributed by atoms with Crippen LogP contribution in [0, 0.1) is 0 Å². The standard InChI is InChI=1S/C12H10O/c1-8-7-9(2)12(13)11-6-4-3-5-10(8)11/h3-7H,2H2,1H3. The minimum absolute atomic E-state index is 0.0428. The van der Waals surface area contributed by atoms with Gasteiger partial charge in [-0.1, -0.05) is 30.8 Å². The molecule has 0 bridgehead atoms. The quantitative estimate of drug-likeness (QED) is 0.547. The molecule has 0 spiro atoms. The lowest BCUT2D eigenvalue weighted by atomic mass is 9.88. The Balaban J connectivity index is 2.72. The van der Waals surface area contributed by atoms with Gasteiger partial charge < -0.3 is 0 Å². The fourth-order valence-electron chi connectivity index (χ4n) is 1.60. The summed E-state index contributed by atoms with van der Waals surface area (Å²) in [6, 6.07) is 7.63. The highest BCUT2D eigenvalue weighted by Crippen LogP contribution is 2.27. The van der Waals surface area contributed by atoms with Gasteiger partial charge in [0.25, 0.3) is 0 Å². The zero-order valence-electron chi connectivity index (χ0n) is 7.50. The van der Waals surface area contributed by atoms with Gasteiger partial charge in [0.05, 0.1) is 0 Å². The highest BCUT2D eigenvalue weighted by molar-refractivity contribution is 6.16. The van der Waals surface area contributed by atoms with Gasteiger partial charge in [0.1, 0.15) is 0 Å². The van der Waals surface area contributed by atoms with Crippen LogP contribution in [0.25, 0.3) is 5.57 Å². The Morgan fingerprint density at radius 1 is 1.15 bits per heavy atom. The molecule has 0 amide bonds. The molecule has 1 heteroatoms. The fourth-order valence-corrected chi connectivity index (χ4v) is 1.60. The average molecular weight is 170 g/mol. The van der Waals surface area contributed by atoms with Crippen LogP contribution in [0.3, 0.4) is 0 Å². The molecule has 0 atom stereocenters. The Bertz CT molecular complexity index is 425. The summed E-state index contributed by atoms with van der Waals surface area (Å²) in [4.78, 5) is 11.6. The first-order valence-electron chi connectivity index (χ1n) is 4.21. The number of rotatable bonds is 0. The van der Waals surface area contributed by atoms with Gasteiger partial charge in [-0.05, 0) is 24.1 Å². The molecule has 1 aliphatic carbocycles. The normalized spacial score (nSPS) is 15.3. The van der Waals surface area contributed by atoms with Gasteiger partial charge in [0.15, 0.2) is 5.78 Å². The van der Waals surface area contributed by atoms with Crippen molar-refractivity contribution in [2.45, 2.75) is 6.92 Å². The third-order valence-corrected chi connectivity index (χ3v) is 2.28. The molecule has 0 fully saturated rings. The maximum atomic E-state index is 11.6. The van der Waals surface area contributed by atoms with E-state index in [-0.39, 0.29) is 5.78 Å². The average Bonchev–Trinajstić information content (AvgIpc) is 2.15. The Morgan fingerprint density at radius 2 is 1.77 bits per heavy atom. The van der Waals surface area contributed by atoms with Crippen molar-refractivity contribution in [3.63, 3.8) is 0 Å². The summed E-state index contributed by atoms with van der Waals surface area (Å²) in [6.07, 6.45) is 1.84. The van der Waals surface area contributed by atoms with Crippen molar-refractivity contribution in [3.05, 3.63) is 53.6 Å². The minimum Gasteiger partial charge on any atom is -0.289 e. The predicted molar refractivity (Wildman–Crippen MR) is 53.6 cm³/mol. The third kappa shape index (κ3) is 1.13. The fraction of sp³-hybridized carbons (Fsp3) is 0.0833. The van der Waals surface area contributed by atoms with Gasteiger partial charge in [-0.25, -0.2) is 0 Å². The smallest absolute Gasteiger partial charge is 0.193 e. The van der Waals surface area contributed by atoms with E-state index < -0.39 is 0 Å². The molecular formula is C12H10O. The van der Waals surface area contributed by atoms with Crippen molar-refractivity contribution in [1.82, 2.24) is 0 Å². The van der Waals surface area contributed by atoms with E-state index in [9.17, 15) is 4.79 Å². The van der Waals surface area contributed by atoms with E-state index in [1.165, 1.54) is 0 Å². The van der Waals surface area contributed by atoms with E-state index >= 15 is 0 Å². The topological polar surface area (TPSA) is 17.1 Å². The zero-order valence-corrected chi connectivity index (χ0v) is 7.50. The SMILES string of the molecule is C=C1C=C(C)c2ccccc2C1=O. The monoisotopic (exact) mass is 170 g/mol. The summed E-state index contributed by atoms with van der Waals surface area (Å²) in [5.74, 6) is 0.0428. The van der Waals surface area contributed by atoms with Crippen LogP contribution in [0.2, 0.25) is 0 Å². The van der Waals surface area contributed by atoms with Crippen LogP contribution < -0.4 is 0 Å². The third-order valence-electron chi connectivity index (χ3n) is 2.28. The van der Waals surface area contributed by atoms with Crippen LogP contribution in [0.4, 0.5) is 0 Å². The van der Waals surface area contributed by atoms with Crippen LogP contribution in [0.5, 0.6) is 0 Å². The molecule has 2 rings (SSSR count). The van der Waals surface area contributed by atoms with Crippen LogP contribution >= 0.6 is 0 Å². The molecule has 1 nitrogen and oxygen atoms in total. The first-order chi connectivity index (χ1) is 6.20. The molecular weight excluding hydrogens is 160 g/mol. The number of allylic oxidation sites excluding steroid dienone is 3. The van der Waals surface area contributed by atoms with Gasteiger partial charge in [-0.15, -0.1) is 0 Å². The zero-order chi connectivity index (χ0) is 9.42. The van der Waals surface area contributed by atoms with E-state index in [4.69, 9.17) is 0 Å². The summed E-state index contributed by atoms with van der Waals surface area (Å²) in [6.45, 7) is 5.72. The van der Waals surface area contributed by atoms with Crippen LogP contribution in [-0.4, -0.2) is 5.78 Å². The van der Waals surface area contributed by atoms with Crippen molar-refractivity contribution in [2.75, 3.05) is 0 Å². The molecule has 0 aromatic heterocycles. The Morgan fingerprint density at radius 3 is 2.46 bits per heavy atom. The molecule has 0 saturated heterocycles. The van der Waals surface area contributed by atoms with Crippen LogP contribution in [0.15, 0.2) is 42.5 Å². The number of Topliss-reactive ketones (excluding diaryl/α,β-unsaturated/α-hetero) is 1. The number of fused-ring (bicyclic) bond motifs is 1. The second-order valence-electron chi connectivity index (χ2n) is 3.23. The maximum Gasteiger partial charge on any atom is 0.193 e. The molecule has 1 aliphatic rings. The molecule has 64 valence electrons. The number of hydrogen-bond donors (Lipinski definition) is 0. The van der Waals surface area contributed by atoms with E-state index in [0.29, 0.717) is 5.57 Å². The molecule has 0 heterocycles. The van der Waals surface area contributed by atoms with E-state index in [1.807, 2.05) is 37.3 Å². The Kier molecular flexibility index (Phi) is 1.66. The van der Waals surface area contributed by atoms with Crippen molar-refractivity contribution in [3.8, 4) is 0 Å². The first kappa shape index (κ1) is 7.99. The predicted octanol–water partition coefficient (Wildman–Crippen LogP) is 2.84. The number of hydrogen-bond acceptors (Lipinski definition) is 1. The van der Waals surface area contributed by atoms with Gasteiger partial charge in [0.2, 0.25) is 0 Å². The first-order valence-corrected chi connectivity index (χ1v) is 4.21. The van der Waals surface area contributed by atoms with Crippen LogP contribution in [-0.2, 0) is 0 Å². The summed E-state index contributed by atoms with van der Waals surface area (Å²) in [5.41, 5.74) is 3.49. The van der Waals surface area contributed by atoms with Gasteiger partial charge >= 0.3 is 0 Å². The lowest BCUT2D eigenvalue weighted by Crippen LogP contribution is -2.08. The van der Waals surface area contributed by atoms with Crippen molar-refractivity contribution in [2.24, 2.45) is 0 Å². The number of ketones is 1. The number of benzene rings is 1. The summed E-state index contributed by atoms with van der Waals surface area (Å²) in [7, 11) is 0. The second-order valence-corrected chi connectivity index (χ2v) is 3.23. The molecule has 0 unspecified atom stereocenters. The van der Waals surface area contributed by atoms with Gasteiger partial charge in [0, 0.05) is 11.1 Å². The van der Waals surface area contributed by atoms with E-state index in [1.54, 1.807) is 0 Å². The van der Waals surface area contributed by atoms with Crippen LogP contribution in [0.1, 0.15) is 22.8 Å². The lowest BCUT2D eigenvalue weighted by Gasteiger charge is -2.14. The summed E-state index contributed by atoms with van der Waals surface area (Å²) < 4.78 is 0. The Labute approximate surface area is 77.4 Å². The van der Waals surface area contributed by atoms with E-state index in [2.05, 4.69) is 6.58 Å². The number of carbonyl (C=O) groups is 1. The van der Waals surface area contributed by atoms with Gasteiger partial charge in [-0.3, -0.25) is 4.79 Å². The second kappa shape index (κ2) is 2.70. The summed E-state index contributed by atoms with van der Waals surface area (Å²) >= 11 is 0. The van der Waals surface area contributed by atoms with Crippen molar-refractivity contribution < 1.29 is 4.79 Å². The van der Waals surface area contributed by atoms with Gasteiger partial charge in [-0.2, -0.15) is 0 Å². The highest BCUT2D eigenvalue weighted by atomic mass is 16.1.